The first kappa shape index (κ1) is 13.8. The van der Waals surface area contributed by atoms with Gasteiger partial charge in [0.2, 0.25) is 0 Å². The van der Waals surface area contributed by atoms with E-state index in [1.54, 1.807) is 7.11 Å². The summed E-state index contributed by atoms with van der Waals surface area (Å²) in [6.45, 7) is 4.29. The highest BCUT2D eigenvalue weighted by atomic mass is 16.5. The van der Waals surface area contributed by atoms with Crippen molar-refractivity contribution < 1.29 is 9.53 Å². The molecule has 0 N–H and O–H groups in total. The monoisotopic (exact) mass is 234 g/mol. The van der Waals surface area contributed by atoms with E-state index in [1.807, 2.05) is 24.3 Å². The van der Waals surface area contributed by atoms with Crippen LogP contribution < -0.4 is 4.74 Å². The third-order valence-corrected chi connectivity index (χ3v) is 3.25. The number of hydrogen-bond donors (Lipinski definition) is 0. The molecule has 1 rings (SSSR count). The van der Waals surface area contributed by atoms with Gasteiger partial charge in [-0.1, -0.05) is 44.9 Å². The predicted octanol–water partition coefficient (Wildman–Crippen LogP) is 3.63. The van der Waals surface area contributed by atoms with Crippen LogP contribution in [0.25, 0.3) is 0 Å². The van der Waals surface area contributed by atoms with Gasteiger partial charge in [0.25, 0.3) is 0 Å². The fraction of sp³-hybridized carbons (Fsp3) is 0.533. The molecule has 1 aromatic rings. The summed E-state index contributed by atoms with van der Waals surface area (Å²) in [7, 11) is 1.64. The van der Waals surface area contributed by atoms with E-state index >= 15 is 0 Å². The Balaban J connectivity index is 2.61. The number of benzene rings is 1. The third kappa shape index (κ3) is 4.22. The van der Waals surface area contributed by atoms with Crippen molar-refractivity contribution >= 4 is 5.78 Å². The normalized spacial score (nSPS) is 10.6. The maximum absolute atomic E-state index is 12.0. The summed E-state index contributed by atoms with van der Waals surface area (Å²) in [4.78, 5) is 12.0. The van der Waals surface area contributed by atoms with Crippen LogP contribution in [0, 0.1) is 5.92 Å². The van der Waals surface area contributed by atoms with E-state index in [4.69, 9.17) is 4.74 Å². The molecular formula is C15H22O2. The smallest absolute Gasteiger partial charge is 0.137 e. The van der Waals surface area contributed by atoms with Crippen molar-refractivity contribution in [2.75, 3.05) is 7.11 Å². The molecule has 17 heavy (non-hydrogen) atoms. The Hall–Kier alpha value is -1.31. The Morgan fingerprint density at radius 3 is 2.47 bits per heavy atom. The Bertz CT molecular complexity index is 354. The summed E-state index contributed by atoms with van der Waals surface area (Å²) < 4.78 is 5.25. The van der Waals surface area contributed by atoms with E-state index in [2.05, 4.69) is 13.8 Å². The van der Waals surface area contributed by atoms with Gasteiger partial charge >= 0.3 is 0 Å². The van der Waals surface area contributed by atoms with Crippen LogP contribution in [-0.2, 0) is 11.2 Å². The van der Waals surface area contributed by atoms with E-state index in [9.17, 15) is 4.79 Å². The molecular weight excluding hydrogens is 212 g/mol. The van der Waals surface area contributed by atoms with Crippen LogP contribution >= 0.6 is 0 Å². The maximum Gasteiger partial charge on any atom is 0.137 e. The van der Waals surface area contributed by atoms with Crippen LogP contribution in [-0.4, -0.2) is 12.9 Å². The van der Waals surface area contributed by atoms with Crippen LogP contribution in [0.15, 0.2) is 24.3 Å². The molecule has 94 valence electrons. The van der Waals surface area contributed by atoms with Crippen LogP contribution in [0.4, 0.5) is 0 Å². The van der Waals surface area contributed by atoms with Crippen LogP contribution in [0.1, 0.15) is 38.7 Å². The van der Waals surface area contributed by atoms with Crippen molar-refractivity contribution in [3.63, 3.8) is 0 Å². The predicted molar refractivity (Wildman–Crippen MR) is 70.4 cm³/mol. The molecule has 0 aliphatic carbocycles. The lowest BCUT2D eigenvalue weighted by molar-refractivity contribution is -0.119. The minimum absolute atomic E-state index is 0.309. The van der Waals surface area contributed by atoms with Crippen molar-refractivity contribution in [3.05, 3.63) is 29.8 Å². The SMILES string of the molecule is CCC(CC)CC(=O)Cc1ccccc1OC. The second-order valence-electron chi connectivity index (χ2n) is 4.41. The average Bonchev–Trinajstić information content (AvgIpc) is 2.36. The Kier molecular flexibility index (Phi) is 5.75. The minimum atomic E-state index is 0.309. The van der Waals surface area contributed by atoms with Crippen molar-refractivity contribution in [2.24, 2.45) is 5.92 Å². The van der Waals surface area contributed by atoms with E-state index < -0.39 is 0 Å². The van der Waals surface area contributed by atoms with Crippen molar-refractivity contribution in [1.29, 1.82) is 0 Å². The van der Waals surface area contributed by atoms with Crippen LogP contribution in [0.5, 0.6) is 5.75 Å². The molecule has 0 fully saturated rings. The van der Waals surface area contributed by atoms with Gasteiger partial charge in [0.1, 0.15) is 11.5 Å². The average molecular weight is 234 g/mol. The molecule has 0 aliphatic rings. The molecule has 0 radical (unpaired) electrons. The van der Waals surface area contributed by atoms with Gasteiger partial charge < -0.3 is 4.74 Å². The molecule has 2 nitrogen and oxygen atoms in total. The van der Waals surface area contributed by atoms with E-state index in [-0.39, 0.29) is 0 Å². The molecule has 0 unspecified atom stereocenters. The number of methoxy groups -OCH3 is 1. The van der Waals surface area contributed by atoms with Crippen molar-refractivity contribution in [2.45, 2.75) is 39.5 Å². The molecule has 0 bridgehead atoms. The largest absolute Gasteiger partial charge is 0.496 e. The van der Waals surface area contributed by atoms with E-state index in [0.717, 1.165) is 24.2 Å². The number of ether oxygens (including phenoxy) is 1. The summed E-state index contributed by atoms with van der Waals surface area (Å²) in [5.41, 5.74) is 0.992. The lowest BCUT2D eigenvalue weighted by Gasteiger charge is -2.12. The number of rotatable bonds is 7. The van der Waals surface area contributed by atoms with Gasteiger partial charge in [-0.25, -0.2) is 0 Å². The number of carbonyl (C=O) groups is 1. The maximum atomic E-state index is 12.0. The number of ketones is 1. The molecule has 0 heterocycles. The summed E-state index contributed by atoms with van der Waals surface area (Å²) in [5, 5.41) is 0. The standard InChI is InChI=1S/C15H22O2/c1-4-12(5-2)10-14(16)11-13-8-6-7-9-15(13)17-3/h6-9,12H,4-5,10-11H2,1-3H3. The minimum Gasteiger partial charge on any atom is -0.496 e. The van der Waals surface area contributed by atoms with Gasteiger partial charge in [0.05, 0.1) is 7.11 Å². The molecule has 0 atom stereocenters. The van der Waals surface area contributed by atoms with Crippen molar-refractivity contribution in [3.8, 4) is 5.75 Å². The molecule has 0 saturated heterocycles. The van der Waals surface area contributed by atoms with Crippen LogP contribution in [0.3, 0.4) is 0 Å². The van der Waals surface area contributed by atoms with Gasteiger partial charge in [0, 0.05) is 18.4 Å². The molecule has 2 heteroatoms. The van der Waals surface area contributed by atoms with E-state index in [0.29, 0.717) is 24.5 Å². The zero-order chi connectivity index (χ0) is 12.7. The number of Topliss-reactive ketones (excluding diaryl/α,β-unsaturated/α-hetero) is 1. The Labute approximate surface area is 104 Å². The summed E-state index contributed by atoms with van der Waals surface area (Å²) in [5.74, 6) is 1.64. The fourth-order valence-corrected chi connectivity index (χ4v) is 2.03. The molecule has 0 aromatic heterocycles. The fourth-order valence-electron chi connectivity index (χ4n) is 2.03. The Morgan fingerprint density at radius 1 is 1.24 bits per heavy atom. The van der Waals surface area contributed by atoms with Crippen molar-refractivity contribution in [1.82, 2.24) is 0 Å². The summed E-state index contributed by atoms with van der Waals surface area (Å²) >= 11 is 0. The molecule has 0 spiro atoms. The topological polar surface area (TPSA) is 26.3 Å². The van der Waals surface area contributed by atoms with Gasteiger partial charge in [-0.3, -0.25) is 4.79 Å². The first-order valence-electron chi connectivity index (χ1n) is 6.34. The first-order chi connectivity index (χ1) is 8.21. The van der Waals surface area contributed by atoms with Crippen LogP contribution in [0.2, 0.25) is 0 Å². The number of para-hydroxylation sites is 1. The first-order valence-corrected chi connectivity index (χ1v) is 6.34. The zero-order valence-corrected chi connectivity index (χ0v) is 11.0. The second-order valence-corrected chi connectivity index (χ2v) is 4.41. The second kappa shape index (κ2) is 7.10. The lowest BCUT2D eigenvalue weighted by atomic mass is 9.94. The number of carbonyl (C=O) groups excluding carboxylic acids is 1. The van der Waals surface area contributed by atoms with Gasteiger partial charge in [-0.15, -0.1) is 0 Å². The quantitative estimate of drug-likeness (QED) is 0.720. The molecule has 0 amide bonds. The molecule has 1 aromatic carbocycles. The van der Waals surface area contributed by atoms with Gasteiger partial charge in [0.15, 0.2) is 0 Å². The summed E-state index contributed by atoms with van der Waals surface area (Å²) in [6.07, 6.45) is 3.33. The van der Waals surface area contributed by atoms with Gasteiger partial charge in [-0.2, -0.15) is 0 Å². The highest BCUT2D eigenvalue weighted by Crippen LogP contribution is 2.20. The van der Waals surface area contributed by atoms with E-state index in [1.165, 1.54) is 0 Å². The lowest BCUT2D eigenvalue weighted by Crippen LogP contribution is -2.10. The third-order valence-electron chi connectivity index (χ3n) is 3.25. The summed E-state index contributed by atoms with van der Waals surface area (Å²) in [6, 6.07) is 7.74. The zero-order valence-electron chi connectivity index (χ0n) is 11.0. The van der Waals surface area contributed by atoms with Gasteiger partial charge in [-0.05, 0) is 12.0 Å². The Morgan fingerprint density at radius 2 is 1.88 bits per heavy atom. The number of hydrogen-bond acceptors (Lipinski definition) is 2. The molecule has 0 saturated carbocycles. The molecule has 0 aliphatic heterocycles. The highest BCUT2D eigenvalue weighted by Gasteiger charge is 2.12. The highest BCUT2D eigenvalue weighted by molar-refractivity contribution is 5.81.